The highest BCUT2D eigenvalue weighted by Gasteiger charge is 2.18. The van der Waals surface area contributed by atoms with Gasteiger partial charge in [0.1, 0.15) is 11.3 Å². The number of fused-ring (bicyclic) bond motifs is 2. The van der Waals surface area contributed by atoms with Gasteiger partial charge in [-0.15, -0.1) is 0 Å². The number of imidazole rings is 2. The Morgan fingerprint density at radius 2 is 0.583 bits per heavy atom. The van der Waals surface area contributed by atoms with Crippen LogP contribution < -0.4 is 0 Å². The minimum atomic E-state index is 0.898. The number of aromatic nitrogens is 5. The summed E-state index contributed by atoms with van der Waals surface area (Å²) in [7, 11) is 0. The van der Waals surface area contributed by atoms with Gasteiger partial charge in [0.05, 0.1) is 34.2 Å². The van der Waals surface area contributed by atoms with E-state index in [1.807, 2.05) is 24.3 Å². The summed E-state index contributed by atoms with van der Waals surface area (Å²) in [4.78, 5) is 15.5. The van der Waals surface area contributed by atoms with Gasteiger partial charge >= 0.3 is 0 Å². The monoisotopic (exact) mass is 767 g/mol. The number of benzene rings is 6. The molecule has 5 nitrogen and oxygen atoms in total. The van der Waals surface area contributed by atoms with Crippen LogP contribution in [0.25, 0.3) is 101 Å². The number of hydrogen-bond acceptors (Lipinski definition) is 3. The molecule has 5 aromatic heterocycles. The molecule has 0 fully saturated rings. The van der Waals surface area contributed by atoms with E-state index in [9.17, 15) is 0 Å². The lowest BCUT2D eigenvalue weighted by atomic mass is 9.96. The van der Waals surface area contributed by atoms with E-state index in [2.05, 4.69) is 209 Å². The largest absolute Gasteiger partial charge is 0.299 e. The lowest BCUT2D eigenvalue weighted by Crippen LogP contribution is -1.93. The maximum atomic E-state index is 5.33. The molecule has 11 aromatic rings. The Labute approximate surface area is 348 Å². The van der Waals surface area contributed by atoms with E-state index in [0.717, 1.165) is 90.0 Å². The molecule has 5 heterocycles. The van der Waals surface area contributed by atoms with Crippen LogP contribution in [0.2, 0.25) is 0 Å². The molecule has 11 rings (SSSR count). The molecule has 0 aliphatic carbocycles. The van der Waals surface area contributed by atoms with E-state index in [0.29, 0.717) is 0 Å². The maximum Gasteiger partial charge on any atom is 0.137 e. The second-order valence-corrected chi connectivity index (χ2v) is 14.9. The van der Waals surface area contributed by atoms with Gasteiger partial charge in [0.2, 0.25) is 0 Å². The molecule has 0 amide bonds. The molecule has 0 unspecified atom stereocenters. The zero-order valence-corrected chi connectivity index (χ0v) is 32.6. The fourth-order valence-corrected chi connectivity index (χ4v) is 8.21. The van der Waals surface area contributed by atoms with Gasteiger partial charge in [0.25, 0.3) is 0 Å². The molecule has 0 aliphatic heterocycles. The first kappa shape index (κ1) is 35.0. The third kappa shape index (κ3) is 6.45. The van der Waals surface area contributed by atoms with Crippen molar-refractivity contribution in [2.45, 2.75) is 0 Å². The van der Waals surface area contributed by atoms with Crippen molar-refractivity contribution < 1.29 is 0 Å². The Bertz CT molecular complexity index is 3080. The van der Waals surface area contributed by atoms with Gasteiger partial charge in [0, 0.05) is 45.8 Å². The minimum absolute atomic E-state index is 0.898. The topological polar surface area (TPSA) is 47.5 Å². The summed E-state index contributed by atoms with van der Waals surface area (Å²) >= 11 is 0. The first-order valence-electron chi connectivity index (χ1n) is 20.2. The van der Waals surface area contributed by atoms with E-state index in [4.69, 9.17) is 15.0 Å². The summed E-state index contributed by atoms with van der Waals surface area (Å²) in [5, 5.41) is 0. The third-order valence-corrected chi connectivity index (χ3v) is 11.2. The number of hydrogen-bond donors (Lipinski definition) is 0. The average molecular weight is 768 g/mol. The summed E-state index contributed by atoms with van der Waals surface area (Å²) in [6, 6.07) is 74.3. The summed E-state index contributed by atoms with van der Waals surface area (Å²) in [5.41, 5.74) is 18.7. The molecule has 282 valence electrons. The lowest BCUT2D eigenvalue weighted by Gasteiger charge is -2.12. The van der Waals surface area contributed by atoms with Gasteiger partial charge in [-0.25, -0.2) is 15.0 Å². The van der Waals surface area contributed by atoms with Crippen molar-refractivity contribution in [2.75, 3.05) is 0 Å². The van der Waals surface area contributed by atoms with E-state index >= 15 is 0 Å². The van der Waals surface area contributed by atoms with Gasteiger partial charge in [-0.05, 0) is 58.7 Å². The fraction of sp³-hybridized carbons (Fsp3) is 0. The molecule has 0 spiro atoms. The van der Waals surface area contributed by atoms with Gasteiger partial charge in [-0.2, -0.15) is 0 Å². The molecular formula is C55H37N5. The molecule has 0 saturated carbocycles. The van der Waals surface area contributed by atoms with E-state index in [-0.39, 0.29) is 0 Å². The van der Waals surface area contributed by atoms with Gasteiger partial charge in [-0.1, -0.05) is 176 Å². The van der Waals surface area contributed by atoms with Crippen molar-refractivity contribution in [3.8, 4) is 89.8 Å². The highest BCUT2D eigenvalue weighted by molar-refractivity contribution is 5.86. The first-order chi connectivity index (χ1) is 29.7. The molecule has 0 atom stereocenters. The molecule has 0 N–H and O–H groups in total. The Morgan fingerprint density at radius 3 is 1.02 bits per heavy atom. The Hall–Kier alpha value is -8.15. The van der Waals surface area contributed by atoms with Gasteiger partial charge < -0.3 is 0 Å². The van der Waals surface area contributed by atoms with Gasteiger partial charge in [-0.3, -0.25) is 8.80 Å². The Morgan fingerprint density at radius 1 is 0.250 bits per heavy atom. The lowest BCUT2D eigenvalue weighted by molar-refractivity contribution is 1.19. The summed E-state index contributed by atoms with van der Waals surface area (Å²) < 4.78 is 4.34. The number of rotatable bonds is 8. The van der Waals surface area contributed by atoms with Crippen molar-refractivity contribution in [1.82, 2.24) is 23.8 Å². The molecular weight excluding hydrogens is 731 g/mol. The van der Waals surface area contributed by atoms with Crippen LogP contribution in [0.4, 0.5) is 0 Å². The molecule has 5 heteroatoms. The molecule has 0 aliphatic rings. The van der Waals surface area contributed by atoms with Crippen LogP contribution in [-0.2, 0) is 0 Å². The molecule has 6 aromatic carbocycles. The van der Waals surface area contributed by atoms with Crippen LogP contribution in [0.15, 0.2) is 225 Å². The molecule has 60 heavy (non-hydrogen) atoms. The van der Waals surface area contributed by atoms with Crippen molar-refractivity contribution in [3.63, 3.8) is 0 Å². The van der Waals surface area contributed by atoms with Crippen LogP contribution in [0, 0.1) is 0 Å². The Balaban J connectivity index is 1.00. The fourth-order valence-electron chi connectivity index (χ4n) is 8.21. The van der Waals surface area contributed by atoms with Crippen LogP contribution in [0.3, 0.4) is 0 Å². The van der Waals surface area contributed by atoms with E-state index in [1.165, 1.54) is 11.1 Å². The van der Waals surface area contributed by atoms with Crippen molar-refractivity contribution in [3.05, 3.63) is 225 Å². The predicted molar refractivity (Wildman–Crippen MR) is 245 cm³/mol. The smallest absolute Gasteiger partial charge is 0.137 e. The van der Waals surface area contributed by atoms with E-state index in [1.54, 1.807) is 0 Å². The zero-order valence-electron chi connectivity index (χ0n) is 32.6. The second-order valence-electron chi connectivity index (χ2n) is 14.9. The van der Waals surface area contributed by atoms with E-state index < -0.39 is 0 Å². The highest BCUT2D eigenvalue weighted by Crippen LogP contribution is 2.37. The van der Waals surface area contributed by atoms with Crippen molar-refractivity contribution in [2.24, 2.45) is 0 Å². The second kappa shape index (κ2) is 15.0. The zero-order chi connectivity index (χ0) is 39.8. The number of pyridine rings is 3. The molecule has 0 bridgehead atoms. The van der Waals surface area contributed by atoms with Crippen LogP contribution >= 0.6 is 0 Å². The van der Waals surface area contributed by atoms with Crippen LogP contribution in [0.5, 0.6) is 0 Å². The number of nitrogens with zero attached hydrogens (tertiary/aromatic N) is 5. The molecule has 0 saturated heterocycles. The predicted octanol–water partition coefficient (Wildman–Crippen LogP) is 13.7. The summed E-state index contributed by atoms with van der Waals surface area (Å²) in [6.07, 6.45) is 4.16. The Kier molecular flexibility index (Phi) is 8.75. The van der Waals surface area contributed by atoms with Crippen LogP contribution in [0.1, 0.15) is 0 Å². The highest BCUT2D eigenvalue weighted by atomic mass is 15.0. The van der Waals surface area contributed by atoms with Crippen molar-refractivity contribution in [1.29, 1.82) is 0 Å². The van der Waals surface area contributed by atoms with Crippen molar-refractivity contribution >= 4 is 11.3 Å². The normalized spacial score (nSPS) is 11.3. The maximum absolute atomic E-state index is 5.33. The third-order valence-electron chi connectivity index (χ3n) is 11.2. The minimum Gasteiger partial charge on any atom is -0.299 e. The summed E-state index contributed by atoms with van der Waals surface area (Å²) in [6.45, 7) is 0. The molecule has 0 radical (unpaired) electrons. The van der Waals surface area contributed by atoms with Gasteiger partial charge in [0.15, 0.2) is 0 Å². The standard InChI is InChI=1S/C55H37N5/c1-4-14-38(15-5-1)39-22-24-40(25-23-39)47-36-48(41-26-30-43(31-27-41)52-54(45-16-6-2-7-17-45)59-34-12-10-20-50(59)57-52)56-49(37-47)42-28-32-44(33-29-42)53-55(46-18-8-3-9-19-46)60-35-13-11-21-51(60)58-53/h1-37H. The quantitative estimate of drug-likeness (QED) is 0.155. The SMILES string of the molecule is c1ccc(-c2ccc(-c3cc(-c4ccc(-c5nc6ccccn6c5-c5ccccc5)cc4)nc(-c4ccc(-c5nc6ccccn6c5-c5ccccc5)cc4)c3)cc2)cc1. The van der Waals surface area contributed by atoms with Crippen LogP contribution in [-0.4, -0.2) is 23.8 Å². The summed E-state index contributed by atoms with van der Waals surface area (Å²) in [5.74, 6) is 0. The average Bonchev–Trinajstić information content (AvgIpc) is 3.92. The first-order valence-corrected chi connectivity index (χ1v) is 20.2.